The van der Waals surface area contributed by atoms with Crippen molar-refractivity contribution in [3.8, 4) is 11.5 Å². The largest absolute Gasteiger partial charge is 0.378 e. The molecule has 29 heavy (non-hydrogen) atoms. The third kappa shape index (κ3) is 3.40. The molecule has 3 aliphatic rings. The molecule has 1 saturated carbocycles. The summed E-state index contributed by atoms with van der Waals surface area (Å²) in [6, 6.07) is 0.404. The molecule has 0 bridgehead atoms. The number of aromatic nitrogens is 4. The SMILES string of the molecule is c1cnc(-c2nc(NC3CCOC(C4CC4)C3)c3c4c(sc3n2)CCCC4)cn1. The van der Waals surface area contributed by atoms with Crippen molar-refractivity contribution in [3.63, 3.8) is 0 Å². The number of thiophene rings is 1. The molecule has 3 aromatic heterocycles. The first kappa shape index (κ1) is 17.7. The minimum Gasteiger partial charge on any atom is -0.378 e. The predicted molar refractivity (Wildman–Crippen MR) is 114 cm³/mol. The molecular formula is C22H25N5OS. The van der Waals surface area contributed by atoms with Crippen molar-refractivity contribution in [2.24, 2.45) is 5.92 Å². The van der Waals surface area contributed by atoms with Crippen molar-refractivity contribution in [2.45, 2.75) is 63.5 Å². The Hall–Kier alpha value is -2.12. The Morgan fingerprint density at radius 3 is 2.86 bits per heavy atom. The van der Waals surface area contributed by atoms with Crippen LogP contribution in [0.5, 0.6) is 0 Å². The van der Waals surface area contributed by atoms with E-state index in [1.807, 2.05) is 11.3 Å². The molecule has 1 aliphatic heterocycles. The van der Waals surface area contributed by atoms with E-state index in [1.54, 1.807) is 18.6 Å². The fraction of sp³-hybridized carbons (Fsp3) is 0.545. The lowest BCUT2D eigenvalue weighted by Crippen LogP contribution is -2.35. The van der Waals surface area contributed by atoms with Crippen LogP contribution in [0.3, 0.4) is 0 Å². The van der Waals surface area contributed by atoms with Gasteiger partial charge in [-0.05, 0) is 62.8 Å². The van der Waals surface area contributed by atoms with Gasteiger partial charge in [-0.15, -0.1) is 11.3 Å². The van der Waals surface area contributed by atoms with Crippen LogP contribution in [0.25, 0.3) is 21.7 Å². The van der Waals surface area contributed by atoms with Crippen LogP contribution in [-0.4, -0.2) is 38.7 Å². The van der Waals surface area contributed by atoms with Gasteiger partial charge in [-0.25, -0.2) is 15.0 Å². The van der Waals surface area contributed by atoms with Gasteiger partial charge < -0.3 is 10.1 Å². The number of fused-ring (bicyclic) bond motifs is 3. The molecule has 6 nitrogen and oxygen atoms in total. The number of anilines is 1. The highest BCUT2D eigenvalue weighted by atomic mass is 32.1. The molecule has 0 spiro atoms. The van der Waals surface area contributed by atoms with Crippen LogP contribution in [0.15, 0.2) is 18.6 Å². The van der Waals surface area contributed by atoms with Gasteiger partial charge in [0.25, 0.3) is 0 Å². The Kier molecular flexibility index (Phi) is 4.45. The zero-order chi connectivity index (χ0) is 19.2. The first-order chi connectivity index (χ1) is 14.3. The Balaban J connectivity index is 1.41. The van der Waals surface area contributed by atoms with Crippen LogP contribution < -0.4 is 5.32 Å². The summed E-state index contributed by atoms with van der Waals surface area (Å²) in [7, 11) is 0. The van der Waals surface area contributed by atoms with Crippen LogP contribution >= 0.6 is 11.3 Å². The molecular weight excluding hydrogens is 382 g/mol. The van der Waals surface area contributed by atoms with Crippen molar-refractivity contribution in [1.82, 2.24) is 19.9 Å². The quantitative estimate of drug-likeness (QED) is 0.691. The van der Waals surface area contributed by atoms with E-state index in [9.17, 15) is 0 Å². The van der Waals surface area contributed by atoms with Gasteiger partial charge in [-0.2, -0.15) is 0 Å². The fourth-order valence-electron chi connectivity index (χ4n) is 4.74. The van der Waals surface area contributed by atoms with Crippen molar-refractivity contribution in [1.29, 1.82) is 0 Å². The van der Waals surface area contributed by atoms with Gasteiger partial charge in [-0.1, -0.05) is 0 Å². The molecule has 4 heterocycles. The monoisotopic (exact) mass is 407 g/mol. The first-order valence-electron chi connectivity index (χ1n) is 10.8. The lowest BCUT2D eigenvalue weighted by atomic mass is 9.96. The maximum Gasteiger partial charge on any atom is 0.183 e. The summed E-state index contributed by atoms with van der Waals surface area (Å²) in [5, 5.41) is 5.05. The van der Waals surface area contributed by atoms with E-state index in [4.69, 9.17) is 14.7 Å². The number of hydrogen-bond acceptors (Lipinski definition) is 7. The fourth-order valence-corrected chi connectivity index (χ4v) is 6.00. The second-order valence-corrected chi connectivity index (χ2v) is 9.57. The molecule has 0 amide bonds. The Morgan fingerprint density at radius 1 is 1.07 bits per heavy atom. The van der Waals surface area contributed by atoms with Gasteiger partial charge >= 0.3 is 0 Å². The molecule has 2 atom stereocenters. The summed E-state index contributed by atoms with van der Waals surface area (Å²) >= 11 is 1.84. The van der Waals surface area contributed by atoms with Crippen LogP contribution in [-0.2, 0) is 17.6 Å². The summed E-state index contributed by atoms with van der Waals surface area (Å²) in [4.78, 5) is 21.1. The topological polar surface area (TPSA) is 72.8 Å². The second kappa shape index (κ2) is 7.29. The Morgan fingerprint density at radius 2 is 2.00 bits per heavy atom. The molecule has 7 heteroatoms. The average molecular weight is 408 g/mol. The highest BCUT2D eigenvalue weighted by Gasteiger charge is 2.36. The molecule has 2 unspecified atom stereocenters. The van der Waals surface area contributed by atoms with Crippen LogP contribution in [0.2, 0.25) is 0 Å². The number of nitrogens with zero attached hydrogens (tertiary/aromatic N) is 4. The number of nitrogens with one attached hydrogen (secondary N) is 1. The van der Waals surface area contributed by atoms with Crippen molar-refractivity contribution >= 4 is 27.4 Å². The van der Waals surface area contributed by atoms with Crippen molar-refractivity contribution in [3.05, 3.63) is 29.0 Å². The van der Waals surface area contributed by atoms with Crippen molar-refractivity contribution < 1.29 is 4.74 Å². The van der Waals surface area contributed by atoms with E-state index in [2.05, 4.69) is 15.3 Å². The van der Waals surface area contributed by atoms with E-state index in [1.165, 1.54) is 41.5 Å². The normalized spacial score (nSPS) is 24.4. The second-order valence-electron chi connectivity index (χ2n) is 8.49. The van der Waals surface area contributed by atoms with Crippen LogP contribution in [0.4, 0.5) is 5.82 Å². The molecule has 0 aromatic carbocycles. The summed E-state index contributed by atoms with van der Waals surface area (Å²) in [6.45, 7) is 0.839. The summed E-state index contributed by atoms with van der Waals surface area (Å²) in [6.07, 6.45) is 15.1. The summed E-state index contributed by atoms with van der Waals surface area (Å²) < 4.78 is 6.04. The van der Waals surface area contributed by atoms with Gasteiger partial charge in [0.1, 0.15) is 16.3 Å². The minimum atomic E-state index is 0.404. The van der Waals surface area contributed by atoms with E-state index >= 15 is 0 Å². The molecule has 2 fully saturated rings. The van der Waals surface area contributed by atoms with E-state index < -0.39 is 0 Å². The molecule has 3 aromatic rings. The smallest absolute Gasteiger partial charge is 0.183 e. The lowest BCUT2D eigenvalue weighted by Gasteiger charge is -2.31. The van der Waals surface area contributed by atoms with Gasteiger partial charge in [-0.3, -0.25) is 4.98 Å². The Bertz CT molecular complexity index is 1030. The van der Waals surface area contributed by atoms with Crippen LogP contribution in [0.1, 0.15) is 49.0 Å². The van der Waals surface area contributed by atoms with E-state index in [0.29, 0.717) is 18.0 Å². The van der Waals surface area contributed by atoms with Gasteiger partial charge in [0.2, 0.25) is 0 Å². The van der Waals surface area contributed by atoms with E-state index in [-0.39, 0.29) is 0 Å². The Labute approximate surface area is 174 Å². The van der Waals surface area contributed by atoms with Gasteiger partial charge in [0.05, 0.1) is 17.7 Å². The molecule has 0 radical (unpaired) electrons. The minimum absolute atomic E-state index is 0.404. The number of aryl methyl sites for hydroxylation is 2. The molecule has 1 saturated heterocycles. The summed E-state index contributed by atoms with van der Waals surface area (Å²) in [5.41, 5.74) is 2.20. The average Bonchev–Trinajstić information content (AvgIpc) is 3.55. The maximum atomic E-state index is 6.04. The highest BCUT2D eigenvalue weighted by Crippen LogP contribution is 2.41. The first-order valence-corrected chi connectivity index (χ1v) is 11.6. The molecule has 1 N–H and O–H groups in total. The highest BCUT2D eigenvalue weighted by molar-refractivity contribution is 7.19. The lowest BCUT2D eigenvalue weighted by molar-refractivity contribution is -0.00221. The maximum absolute atomic E-state index is 6.04. The van der Waals surface area contributed by atoms with Gasteiger partial charge in [0, 0.05) is 29.9 Å². The van der Waals surface area contributed by atoms with Crippen molar-refractivity contribution in [2.75, 3.05) is 11.9 Å². The summed E-state index contributed by atoms with van der Waals surface area (Å²) in [5.74, 6) is 2.42. The van der Waals surface area contributed by atoms with Gasteiger partial charge in [0.15, 0.2) is 5.82 Å². The number of rotatable bonds is 4. The molecule has 150 valence electrons. The van der Waals surface area contributed by atoms with Crippen LogP contribution in [0, 0.1) is 5.92 Å². The third-order valence-electron chi connectivity index (χ3n) is 6.41. The molecule has 2 aliphatic carbocycles. The third-order valence-corrected chi connectivity index (χ3v) is 7.60. The molecule has 6 rings (SSSR count). The predicted octanol–water partition coefficient (Wildman–Crippen LogP) is 4.40. The zero-order valence-corrected chi connectivity index (χ0v) is 17.2. The van der Waals surface area contributed by atoms with E-state index in [0.717, 1.165) is 54.6 Å². The number of hydrogen-bond donors (Lipinski definition) is 1. The standard InChI is InChI=1S/C22H25N5OS/c1-2-4-18-15(3-1)19-21(25-14-7-10-28-17(11-14)13-5-6-13)26-20(27-22(19)29-18)16-12-23-8-9-24-16/h8-9,12-14,17H,1-7,10-11H2,(H,25,26,27). The number of ether oxygens (including phenoxy) is 1. The zero-order valence-electron chi connectivity index (χ0n) is 16.4.